The van der Waals surface area contributed by atoms with Crippen molar-refractivity contribution in [2.75, 3.05) is 11.1 Å². The summed E-state index contributed by atoms with van der Waals surface area (Å²) < 4.78 is 0. The van der Waals surface area contributed by atoms with Crippen LogP contribution >= 0.6 is 0 Å². The Bertz CT molecular complexity index is 492. The standard InChI is InChI=1S/C15H18N2/c1-11-8-9-14(16)15(10-11)17-12(2)13-6-4-3-5-7-13/h3-10,12,17H,16H2,1-2H3. The summed E-state index contributed by atoms with van der Waals surface area (Å²) >= 11 is 0. The van der Waals surface area contributed by atoms with Gasteiger partial charge in [0.15, 0.2) is 0 Å². The molecule has 0 saturated carbocycles. The van der Waals surface area contributed by atoms with Gasteiger partial charge in [0.25, 0.3) is 0 Å². The van der Waals surface area contributed by atoms with E-state index in [0.29, 0.717) is 0 Å². The lowest BCUT2D eigenvalue weighted by Gasteiger charge is -2.17. The Morgan fingerprint density at radius 1 is 1.06 bits per heavy atom. The SMILES string of the molecule is Cc1ccc(N)c(NC(C)c2ccccc2)c1. The minimum Gasteiger partial charge on any atom is -0.397 e. The average Bonchev–Trinajstić information content (AvgIpc) is 2.35. The van der Waals surface area contributed by atoms with Gasteiger partial charge in [-0.25, -0.2) is 0 Å². The van der Waals surface area contributed by atoms with Crippen molar-refractivity contribution in [1.29, 1.82) is 0 Å². The van der Waals surface area contributed by atoms with Gasteiger partial charge in [-0.05, 0) is 37.1 Å². The maximum atomic E-state index is 5.95. The van der Waals surface area contributed by atoms with E-state index >= 15 is 0 Å². The molecule has 0 aromatic heterocycles. The number of nitrogens with one attached hydrogen (secondary N) is 1. The van der Waals surface area contributed by atoms with Crippen molar-refractivity contribution in [1.82, 2.24) is 0 Å². The fourth-order valence-corrected chi connectivity index (χ4v) is 1.85. The molecule has 1 unspecified atom stereocenters. The van der Waals surface area contributed by atoms with Gasteiger partial charge in [0.05, 0.1) is 11.4 Å². The summed E-state index contributed by atoms with van der Waals surface area (Å²) in [5.41, 5.74) is 10.2. The number of hydrogen-bond acceptors (Lipinski definition) is 2. The van der Waals surface area contributed by atoms with Crippen LogP contribution in [0, 0.1) is 6.92 Å². The number of nitrogens with two attached hydrogens (primary N) is 1. The predicted octanol–water partition coefficient (Wildman–Crippen LogP) is 3.75. The monoisotopic (exact) mass is 226 g/mol. The largest absolute Gasteiger partial charge is 0.397 e. The van der Waals surface area contributed by atoms with Crippen molar-refractivity contribution in [3.63, 3.8) is 0 Å². The maximum Gasteiger partial charge on any atom is 0.0581 e. The molecule has 2 aromatic rings. The van der Waals surface area contributed by atoms with Gasteiger partial charge < -0.3 is 11.1 Å². The van der Waals surface area contributed by atoms with Gasteiger partial charge in [0.1, 0.15) is 0 Å². The fraction of sp³-hybridized carbons (Fsp3) is 0.200. The van der Waals surface area contributed by atoms with E-state index < -0.39 is 0 Å². The van der Waals surface area contributed by atoms with Crippen molar-refractivity contribution in [2.24, 2.45) is 0 Å². The molecule has 0 fully saturated rings. The van der Waals surface area contributed by atoms with Crippen molar-refractivity contribution in [2.45, 2.75) is 19.9 Å². The quantitative estimate of drug-likeness (QED) is 0.782. The molecule has 0 aliphatic rings. The number of aryl methyl sites for hydroxylation is 1. The highest BCUT2D eigenvalue weighted by Gasteiger charge is 2.06. The Morgan fingerprint density at radius 2 is 1.76 bits per heavy atom. The first-order valence-corrected chi connectivity index (χ1v) is 5.84. The van der Waals surface area contributed by atoms with E-state index in [0.717, 1.165) is 11.4 Å². The molecule has 0 bridgehead atoms. The first-order chi connectivity index (χ1) is 8.16. The molecule has 0 saturated heterocycles. The summed E-state index contributed by atoms with van der Waals surface area (Å²) in [4.78, 5) is 0. The third-order valence-electron chi connectivity index (χ3n) is 2.88. The molecule has 1 atom stereocenters. The topological polar surface area (TPSA) is 38.0 Å². The lowest BCUT2D eigenvalue weighted by atomic mass is 10.1. The highest BCUT2D eigenvalue weighted by Crippen LogP contribution is 2.24. The summed E-state index contributed by atoms with van der Waals surface area (Å²) in [6.07, 6.45) is 0. The third-order valence-corrected chi connectivity index (χ3v) is 2.88. The van der Waals surface area contributed by atoms with Gasteiger partial charge in [0, 0.05) is 6.04 Å². The molecule has 2 nitrogen and oxygen atoms in total. The Hall–Kier alpha value is -1.96. The summed E-state index contributed by atoms with van der Waals surface area (Å²) in [6.45, 7) is 4.20. The van der Waals surface area contributed by atoms with Crippen LogP contribution in [0.2, 0.25) is 0 Å². The van der Waals surface area contributed by atoms with Gasteiger partial charge in [0.2, 0.25) is 0 Å². The lowest BCUT2D eigenvalue weighted by Crippen LogP contribution is -2.08. The maximum absolute atomic E-state index is 5.95. The second-order valence-corrected chi connectivity index (χ2v) is 4.37. The highest BCUT2D eigenvalue weighted by atomic mass is 14.9. The van der Waals surface area contributed by atoms with Gasteiger partial charge in [-0.3, -0.25) is 0 Å². The zero-order chi connectivity index (χ0) is 12.3. The van der Waals surface area contributed by atoms with Crippen LogP contribution in [0.3, 0.4) is 0 Å². The summed E-state index contributed by atoms with van der Waals surface area (Å²) in [6, 6.07) is 16.6. The number of anilines is 2. The molecular weight excluding hydrogens is 208 g/mol. The van der Waals surface area contributed by atoms with E-state index in [1.54, 1.807) is 0 Å². The minimum absolute atomic E-state index is 0.250. The van der Waals surface area contributed by atoms with Crippen LogP contribution in [-0.4, -0.2) is 0 Å². The number of hydrogen-bond donors (Lipinski definition) is 2. The predicted molar refractivity (Wildman–Crippen MR) is 74.1 cm³/mol. The Kier molecular flexibility index (Phi) is 3.33. The molecule has 0 heterocycles. The average molecular weight is 226 g/mol. The molecular formula is C15H18N2. The number of rotatable bonds is 3. The zero-order valence-electron chi connectivity index (χ0n) is 10.3. The van der Waals surface area contributed by atoms with Crippen LogP contribution in [0.15, 0.2) is 48.5 Å². The second-order valence-electron chi connectivity index (χ2n) is 4.37. The normalized spacial score (nSPS) is 12.1. The molecule has 0 spiro atoms. The van der Waals surface area contributed by atoms with E-state index in [1.165, 1.54) is 11.1 Å². The van der Waals surface area contributed by atoms with Gasteiger partial charge >= 0.3 is 0 Å². The Morgan fingerprint density at radius 3 is 2.47 bits per heavy atom. The van der Waals surface area contributed by atoms with Gasteiger partial charge in [-0.1, -0.05) is 36.4 Å². The van der Waals surface area contributed by atoms with Crippen LogP contribution in [0.4, 0.5) is 11.4 Å². The minimum atomic E-state index is 0.250. The Balaban J connectivity index is 2.18. The first kappa shape index (κ1) is 11.5. The number of nitrogen functional groups attached to an aromatic ring is 1. The fourth-order valence-electron chi connectivity index (χ4n) is 1.85. The number of benzene rings is 2. The molecule has 0 aliphatic heterocycles. The molecule has 2 aromatic carbocycles. The molecule has 0 radical (unpaired) electrons. The van der Waals surface area contributed by atoms with Crippen LogP contribution < -0.4 is 11.1 Å². The van der Waals surface area contributed by atoms with E-state index in [1.807, 2.05) is 30.3 Å². The molecule has 3 N–H and O–H groups in total. The summed E-state index contributed by atoms with van der Waals surface area (Å²) in [5, 5.41) is 3.44. The molecule has 0 amide bonds. The molecule has 2 heteroatoms. The Labute approximate surface area is 102 Å². The van der Waals surface area contributed by atoms with Crippen molar-refractivity contribution < 1.29 is 0 Å². The van der Waals surface area contributed by atoms with Crippen molar-refractivity contribution in [3.05, 3.63) is 59.7 Å². The molecule has 17 heavy (non-hydrogen) atoms. The summed E-state index contributed by atoms with van der Waals surface area (Å²) in [7, 11) is 0. The lowest BCUT2D eigenvalue weighted by molar-refractivity contribution is 0.885. The van der Waals surface area contributed by atoms with E-state index in [2.05, 4.69) is 37.4 Å². The van der Waals surface area contributed by atoms with Gasteiger partial charge in [-0.2, -0.15) is 0 Å². The zero-order valence-corrected chi connectivity index (χ0v) is 10.3. The molecule has 88 valence electrons. The highest BCUT2D eigenvalue weighted by molar-refractivity contribution is 5.67. The van der Waals surface area contributed by atoms with E-state index in [-0.39, 0.29) is 6.04 Å². The van der Waals surface area contributed by atoms with Gasteiger partial charge in [-0.15, -0.1) is 0 Å². The third kappa shape index (κ3) is 2.78. The second kappa shape index (κ2) is 4.91. The molecule has 2 rings (SSSR count). The van der Waals surface area contributed by atoms with Crippen LogP contribution in [0.1, 0.15) is 24.1 Å². The van der Waals surface area contributed by atoms with Crippen LogP contribution in [-0.2, 0) is 0 Å². The van der Waals surface area contributed by atoms with Crippen LogP contribution in [0.5, 0.6) is 0 Å². The smallest absolute Gasteiger partial charge is 0.0581 e. The van der Waals surface area contributed by atoms with E-state index in [4.69, 9.17) is 5.73 Å². The molecule has 0 aliphatic carbocycles. The van der Waals surface area contributed by atoms with Crippen molar-refractivity contribution in [3.8, 4) is 0 Å². The van der Waals surface area contributed by atoms with Crippen LogP contribution in [0.25, 0.3) is 0 Å². The van der Waals surface area contributed by atoms with Crippen molar-refractivity contribution >= 4 is 11.4 Å². The summed E-state index contributed by atoms with van der Waals surface area (Å²) in [5.74, 6) is 0. The first-order valence-electron chi connectivity index (χ1n) is 5.84. The van der Waals surface area contributed by atoms with E-state index in [9.17, 15) is 0 Å².